The number of aromatic hydroxyl groups is 1. The Kier molecular flexibility index (Phi) is 4.32. The summed E-state index contributed by atoms with van der Waals surface area (Å²) >= 11 is 0. The molecule has 0 spiro atoms. The van der Waals surface area contributed by atoms with Crippen molar-refractivity contribution in [1.82, 2.24) is 10.6 Å². The number of rotatable bonds is 4. The molecule has 21 heavy (non-hydrogen) atoms. The lowest BCUT2D eigenvalue weighted by Gasteiger charge is -2.34. The van der Waals surface area contributed by atoms with E-state index in [1.807, 2.05) is 13.8 Å². The van der Waals surface area contributed by atoms with Gasteiger partial charge in [0.25, 0.3) is 0 Å². The van der Waals surface area contributed by atoms with E-state index >= 15 is 0 Å². The van der Waals surface area contributed by atoms with Gasteiger partial charge in [-0.15, -0.1) is 0 Å². The topological polar surface area (TPSA) is 111 Å². The van der Waals surface area contributed by atoms with E-state index in [9.17, 15) is 14.7 Å². The molecule has 1 aromatic rings. The molecule has 2 rings (SSSR count). The number of benzene rings is 1. The van der Waals surface area contributed by atoms with E-state index in [1.165, 1.54) is 12.1 Å². The van der Waals surface area contributed by atoms with Crippen LogP contribution in [-0.2, 0) is 4.79 Å². The lowest BCUT2D eigenvalue weighted by atomic mass is 9.99. The Morgan fingerprint density at radius 3 is 2.76 bits per heavy atom. The summed E-state index contributed by atoms with van der Waals surface area (Å²) in [6.07, 6.45) is -0.0731. The monoisotopic (exact) mass is 293 g/mol. The lowest BCUT2D eigenvalue weighted by Crippen LogP contribution is -2.61. The van der Waals surface area contributed by atoms with E-state index in [1.54, 1.807) is 6.07 Å². The Balaban J connectivity index is 2.12. The van der Waals surface area contributed by atoms with E-state index in [0.717, 1.165) is 0 Å². The van der Waals surface area contributed by atoms with E-state index in [4.69, 9.17) is 5.11 Å². The third-order valence-corrected chi connectivity index (χ3v) is 3.43. The highest BCUT2D eigenvalue weighted by Crippen LogP contribution is 2.22. The Morgan fingerprint density at radius 1 is 1.43 bits per heavy atom. The number of nitrogens with one attached hydrogen (secondary N) is 3. The van der Waals surface area contributed by atoms with Gasteiger partial charge >= 0.3 is 5.97 Å². The minimum atomic E-state index is -1.21. The predicted octanol–water partition coefficient (Wildman–Crippen LogP) is 0.920. The summed E-state index contributed by atoms with van der Waals surface area (Å²) < 4.78 is 0. The molecular weight excluding hydrogens is 274 g/mol. The highest BCUT2D eigenvalue weighted by molar-refractivity contribution is 5.92. The van der Waals surface area contributed by atoms with Crippen LogP contribution in [0.4, 0.5) is 5.69 Å². The fourth-order valence-corrected chi connectivity index (χ4v) is 2.20. The molecule has 1 aliphatic heterocycles. The van der Waals surface area contributed by atoms with Crippen molar-refractivity contribution >= 4 is 17.6 Å². The van der Waals surface area contributed by atoms with E-state index in [-0.39, 0.29) is 23.3 Å². The second-order valence-electron chi connectivity index (χ2n) is 5.40. The van der Waals surface area contributed by atoms with Gasteiger partial charge in [-0.05, 0) is 24.1 Å². The second kappa shape index (κ2) is 6.01. The SMILES string of the molecule is CC(C)C1CC(=O)NC(Nc2ccc(O)c(C(=O)O)c2)N1. The Morgan fingerprint density at radius 2 is 2.14 bits per heavy atom. The van der Waals surface area contributed by atoms with Gasteiger partial charge in [-0.1, -0.05) is 13.8 Å². The van der Waals surface area contributed by atoms with Gasteiger partial charge in [0.15, 0.2) is 6.29 Å². The largest absolute Gasteiger partial charge is 0.507 e. The van der Waals surface area contributed by atoms with Gasteiger partial charge in [-0.2, -0.15) is 0 Å². The first-order valence-corrected chi connectivity index (χ1v) is 6.75. The maximum atomic E-state index is 11.7. The number of hydrogen-bond acceptors (Lipinski definition) is 5. The van der Waals surface area contributed by atoms with Gasteiger partial charge < -0.3 is 20.8 Å². The fourth-order valence-electron chi connectivity index (χ4n) is 2.20. The maximum Gasteiger partial charge on any atom is 0.339 e. The molecule has 1 saturated heterocycles. The van der Waals surface area contributed by atoms with Crippen LogP contribution in [-0.4, -0.2) is 34.4 Å². The molecule has 7 heteroatoms. The number of carboxylic acid groups (broad SMARTS) is 1. The summed E-state index contributed by atoms with van der Waals surface area (Å²) in [7, 11) is 0. The molecule has 114 valence electrons. The molecule has 0 radical (unpaired) electrons. The van der Waals surface area contributed by atoms with Crippen molar-refractivity contribution in [1.29, 1.82) is 0 Å². The normalized spacial score (nSPS) is 22.0. The number of carboxylic acids is 1. The molecule has 2 unspecified atom stereocenters. The standard InChI is InChI=1S/C14H19N3O4/c1-7(2)10-6-12(19)17-14(16-10)15-8-3-4-11(18)9(5-8)13(20)21/h3-5,7,10,14-16,18H,6H2,1-2H3,(H,17,19)(H,20,21). The number of carbonyl (C=O) groups is 2. The molecule has 7 nitrogen and oxygen atoms in total. The van der Waals surface area contributed by atoms with Gasteiger partial charge in [0, 0.05) is 18.2 Å². The van der Waals surface area contributed by atoms with E-state index in [0.29, 0.717) is 18.0 Å². The number of carbonyl (C=O) groups excluding carboxylic acids is 1. The first-order chi connectivity index (χ1) is 9.86. The van der Waals surface area contributed by atoms with Crippen LogP contribution in [0.3, 0.4) is 0 Å². The molecule has 1 amide bonds. The summed E-state index contributed by atoms with van der Waals surface area (Å²) in [5.41, 5.74) is 0.301. The molecular formula is C14H19N3O4. The Labute approximate surface area is 122 Å². The zero-order valence-electron chi connectivity index (χ0n) is 11.9. The van der Waals surface area contributed by atoms with Crippen molar-refractivity contribution < 1.29 is 19.8 Å². The van der Waals surface area contributed by atoms with Crippen molar-refractivity contribution in [3.63, 3.8) is 0 Å². The van der Waals surface area contributed by atoms with Crippen LogP contribution in [0, 0.1) is 5.92 Å². The molecule has 0 saturated carbocycles. The van der Waals surface area contributed by atoms with Gasteiger partial charge in [-0.3, -0.25) is 10.1 Å². The number of hydrogen-bond donors (Lipinski definition) is 5. The highest BCUT2D eigenvalue weighted by Gasteiger charge is 2.27. The van der Waals surface area contributed by atoms with Crippen molar-refractivity contribution in [2.75, 3.05) is 5.32 Å². The quantitative estimate of drug-likeness (QED) is 0.528. The van der Waals surface area contributed by atoms with Crippen molar-refractivity contribution in [2.24, 2.45) is 5.92 Å². The van der Waals surface area contributed by atoms with Crippen LogP contribution in [0.5, 0.6) is 5.75 Å². The number of phenols is 1. The van der Waals surface area contributed by atoms with Crippen LogP contribution in [0.1, 0.15) is 30.6 Å². The zero-order chi connectivity index (χ0) is 15.6. The average molecular weight is 293 g/mol. The van der Waals surface area contributed by atoms with Gasteiger partial charge in [0.1, 0.15) is 11.3 Å². The molecule has 5 N–H and O–H groups in total. The number of anilines is 1. The molecule has 2 atom stereocenters. The van der Waals surface area contributed by atoms with Gasteiger partial charge in [0.05, 0.1) is 0 Å². The molecule has 0 bridgehead atoms. The molecule has 0 aliphatic carbocycles. The van der Waals surface area contributed by atoms with Crippen molar-refractivity contribution in [3.8, 4) is 5.75 Å². The summed E-state index contributed by atoms with van der Waals surface area (Å²) in [4.78, 5) is 22.7. The van der Waals surface area contributed by atoms with Crippen LogP contribution in [0.25, 0.3) is 0 Å². The summed E-state index contributed by atoms with van der Waals surface area (Å²) in [5, 5.41) is 27.4. The van der Waals surface area contributed by atoms with Crippen LogP contribution < -0.4 is 16.0 Å². The van der Waals surface area contributed by atoms with E-state index < -0.39 is 12.3 Å². The van der Waals surface area contributed by atoms with Gasteiger partial charge in [0.2, 0.25) is 5.91 Å². The molecule has 1 heterocycles. The molecule has 1 aliphatic rings. The Hall–Kier alpha value is -2.28. The van der Waals surface area contributed by atoms with Crippen molar-refractivity contribution in [2.45, 2.75) is 32.6 Å². The minimum Gasteiger partial charge on any atom is -0.507 e. The third-order valence-electron chi connectivity index (χ3n) is 3.43. The lowest BCUT2D eigenvalue weighted by molar-refractivity contribution is -0.124. The maximum absolute atomic E-state index is 11.7. The summed E-state index contributed by atoms with van der Waals surface area (Å²) in [5.74, 6) is -1.28. The summed E-state index contributed by atoms with van der Waals surface area (Å²) in [6, 6.07) is 4.22. The Bertz CT molecular complexity index is 559. The summed E-state index contributed by atoms with van der Waals surface area (Å²) in [6.45, 7) is 4.05. The zero-order valence-corrected chi connectivity index (χ0v) is 11.9. The van der Waals surface area contributed by atoms with Crippen LogP contribution in [0.2, 0.25) is 0 Å². The third kappa shape index (κ3) is 3.63. The van der Waals surface area contributed by atoms with E-state index in [2.05, 4.69) is 16.0 Å². The number of aromatic carboxylic acids is 1. The average Bonchev–Trinajstić information content (AvgIpc) is 2.40. The molecule has 0 aromatic heterocycles. The highest BCUT2D eigenvalue weighted by atomic mass is 16.4. The first kappa shape index (κ1) is 15.1. The fraction of sp³-hybridized carbons (Fsp3) is 0.429. The molecule has 1 fully saturated rings. The number of amides is 1. The minimum absolute atomic E-state index is 0.0484. The second-order valence-corrected chi connectivity index (χ2v) is 5.40. The predicted molar refractivity (Wildman–Crippen MR) is 77.0 cm³/mol. The van der Waals surface area contributed by atoms with Crippen LogP contribution >= 0.6 is 0 Å². The molecule has 1 aromatic carbocycles. The first-order valence-electron chi connectivity index (χ1n) is 6.75. The van der Waals surface area contributed by atoms with Gasteiger partial charge in [-0.25, -0.2) is 4.79 Å². The van der Waals surface area contributed by atoms with Crippen LogP contribution in [0.15, 0.2) is 18.2 Å². The smallest absolute Gasteiger partial charge is 0.339 e. The van der Waals surface area contributed by atoms with Crippen molar-refractivity contribution in [3.05, 3.63) is 23.8 Å².